The van der Waals surface area contributed by atoms with Gasteiger partial charge in [0.05, 0.1) is 28.1 Å². The highest BCUT2D eigenvalue weighted by molar-refractivity contribution is 9.08. The van der Waals surface area contributed by atoms with Crippen LogP contribution >= 0.6 is 16.1 Å². The first-order valence-electron chi connectivity index (χ1n) is 4.98. The standard InChI is InChI=1S/C11H9BrN2O3/c1-2-17-11(16)8-6-14(12)10-7(9(8)15)4-3-5-13-10/h3-6H,2H2,1H3. The topological polar surface area (TPSA) is 61.2 Å². The summed E-state index contributed by atoms with van der Waals surface area (Å²) in [4.78, 5) is 27.7. The highest BCUT2D eigenvalue weighted by Crippen LogP contribution is 2.11. The van der Waals surface area contributed by atoms with Gasteiger partial charge in [0.15, 0.2) is 5.65 Å². The number of nitrogens with zero attached hydrogens (tertiary/aromatic N) is 2. The summed E-state index contributed by atoms with van der Waals surface area (Å²) in [5.41, 5.74) is 0.0806. The van der Waals surface area contributed by atoms with Gasteiger partial charge in [0.2, 0.25) is 5.43 Å². The molecule has 0 saturated heterocycles. The fourth-order valence-corrected chi connectivity index (χ4v) is 1.96. The van der Waals surface area contributed by atoms with E-state index in [-0.39, 0.29) is 17.6 Å². The molecule has 88 valence electrons. The van der Waals surface area contributed by atoms with Gasteiger partial charge >= 0.3 is 5.97 Å². The van der Waals surface area contributed by atoms with Crippen molar-refractivity contribution in [2.45, 2.75) is 6.92 Å². The molecule has 0 spiro atoms. The second-order valence-electron chi connectivity index (χ2n) is 3.28. The van der Waals surface area contributed by atoms with Crippen molar-refractivity contribution in [3.8, 4) is 0 Å². The van der Waals surface area contributed by atoms with Gasteiger partial charge in [-0.25, -0.2) is 9.78 Å². The van der Waals surface area contributed by atoms with Crippen LogP contribution in [0.3, 0.4) is 0 Å². The van der Waals surface area contributed by atoms with Crippen molar-refractivity contribution in [1.29, 1.82) is 0 Å². The summed E-state index contributed by atoms with van der Waals surface area (Å²) in [7, 11) is 0. The van der Waals surface area contributed by atoms with E-state index in [1.54, 1.807) is 25.3 Å². The van der Waals surface area contributed by atoms with Crippen LogP contribution in [0.15, 0.2) is 29.3 Å². The van der Waals surface area contributed by atoms with Crippen molar-refractivity contribution in [2.24, 2.45) is 0 Å². The Bertz CT molecular complexity index is 636. The molecule has 2 aromatic heterocycles. The van der Waals surface area contributed by atoms with Gasteiger partial charge in [-0.15, -0.1) is 0 Å². The van der Waals surface area contributed by atoms with E-state index in [9.17, 15) is 9.59 Å². The second kappa shape index (κ2) is 4.67. The van der Waals surface area contributed by atoms with Gasteiger partial charge in [0.25, 0.3) is 0 Å². The molecular formula is C11H9BrN2O3. The molecule has 0 saturated carbocycles. The average Bonchev–Trinajstić information content (AvgIpc) is 2.34. The van der Waals surface area contributed by atoms with Crippen LogP contribution in [0, 0.1) is 0 Å². The Kier molecular flexibility index (Phi) is 3.23. The minimum Gasteiger partial charge on any atom is -0.462 e. The van der Waals surface area contributed by atoms with E-state index < -0.39 is 5.97 Å². The number of rotatable bonds is 2. The van der Waals surface area contributed by atoms with Crippen molar-refractivity contribution in [1.82, 2.24) is 8.58 Å². The van der Waals surface area contributed by atoms with Gasteiger partial charge in [-0.1, -0.05) is 0 Å². The number of halogens is 1. The summed E-state index contributed by atoms with van der Waals surface area (Å²) in [6.07, 6.45) is 2.94. The molecule has 0 aliphatic rings. The van der Waals surface area contributed by atoms with Crippen LogP contribution in [0.25, 0.3) is 11.0 Å². The van der Waals surface area contributed by atoms with E-state index in [1.807, 2.05) is 0 Å². The Hall–Kier alpha value is -1.69. The maximum Gasteiger partial charge on any atom is 0.343 e. The number of carbonyl (C=O) groups excluding carboxylic acids is 1. The third kappa shape index (κ3) is 2.08. The number of hydrogen-bond acceptors (Lipinski definition) is 4. The molecule has 2 heterocycles. The molecule has 0 bridgehead atoms. The predicted octanol–water partition coefficient (Wildman–Crippen LogP) is 1.73. The molecule has 2 rings (SSSR count). The van der Waals surface area contributed by atoms with Crippen molar-refractivity contribution in [3.05, 3.63) is 40.3 Å². The van der Waals surface area contributed by atoms with Gasteiger partial charge in [0, 0.05) is 12.4 Å². The molecule has 6 heteroatoms. The first-order valence-corrected chi connectivity index (χ1v) is 5.69. The van der Waals surface area contributed by atoms with Crippen molar-refractivity contribution >= 4 is 33.1 Å². The van der Waals surface area contributed by atoms with E-state index in [4.69, 9.17) is 4.74 Å². The van der Waals surface area contributed by atoms with E-state index >= 15 is 0 Å². The van der Waals surface area contributed by atoms with Crippen molar-refractivity contribution in [2.75, 3.05) is 6.61 Å². The maximum absolute atomic E-state index is 12.0. The Labute approximate surface area is 105 Å². The van der Waals surface area contributed by atoms with Gasteiger partial charge in [-0.3, -0.25) is 8.39 Å². The summed E-state index contributed by atoms with van der Waals surface area (Å²) in [6.45, 7) is 1.92. The van der Waals surface area contributed by atoms with Crippen LogP contribution < -0.4 is 5.43 Å². The number of hydrogen-bond donors (Lipinski definition) is 0. The summed E-state index contributed by atoms with van der Waals surface area (Å²) < 4.78 is 6.27. The first-order chi connectivity index (χ1) is 8.15. The molecule has 0 amide bonds. The first kappa shape index (κ1) is 11.8. The Morgan fingerprint density at radius 3 is 3.06 bits per heavy atom. The number of carbonyl (C=O) groups is 1. The molecule has 17 heavy (non-hydrogen) atoms. The summed E-state index contributed by atoms with van der Waals surface area (Å²) in [5.74, 6) is -0.628. The molecule has 0 atom stereocenters. The Morgan fingerprint density at radius 1 is 1.59 bits per heavy atom. The predicted molar refractivity (Wildman–Crippen MR) is 66.3 cm³/mol. The van der Waals surface area contributed by atoms with Gasteiger partial charge in [0.1, 0.15) is 5.56 Å². The fraction of sp³-hybridized carbons (Fsp3) is 0.182. The smallest absolute Gasteiger partial charge is 0.343 e. The van der Waals surface area contributed by atoms with Gasteiger partial charge in [-0.05, 0) is 19.1 Å². The fourth-order valence-electron chi connectivity index (χ4n) is 1.48. The molecule has 0 aliphatic carbocycles. The molecule has 0 radical (unpaired) electrons. The largest absolute Gasteiger partial charge is 0.462 e. The van der Waals surface area contributed by atoms with E-state index in [0.717, 1.165) is 0 Å². The lowest BCUT2D eigenvalue weighted by Gasteiger charge is -2.05. The molecule has 0 N–H and O–H groups in total. The molecule has 0 aromatic carbocycles. The monoisotopic (exact) mass is 296 g/mol. The third-order valence-electron chi connectivity index (χ3n) is 2.22. The zero-order valence-corrected chi connectivity index (χ0v) is 10.6. The van der Waals surface area contributed by atoms with Crippen LogP contribution in [0.4, 0.5) is 0 Å². The highest BCUT2D eigenvalue weighted by atomic mass is 79.9. The van der Waals surface area contributed by atoms with Crippen LogP contribution in [-0.4, -0.2) is 21.2 Å². The van der Waals surface area contributed by atoms with E-state index in [2.05, 4.69) is 21.1 Å². The number of pyridine rings is 2. The van der Waals surface area contributed by atoms with Crippen LogP contribution in [0.2, 0.25) is 0 Å². The van der Waals surface area contributed by atoms with Crippen molar-refractivity contribution < 1.29 is 9.53 Å². The number of aromatic nitrogens is 2. The Morgan fingerprint density at radius 2 is 2.35 bits per heavy atom. The average molecular weight is 297 g/mol. The minimum atomic E-state index is -0.628. The zero-order valence-electron chi connectivity index (χ0n) is 9.01. The van der Waals surface area contributed by atoms with E-state index in [0.29, 0.717) is 11.0 Å². The highest BCUT2D eigenvalue weighted by Gasteiger charge is 2.15. The summed E-state index contributed by atoms with van der Waals surface area (Å²) in [6, 6.07) is 3.26. The Balaban J connectivity index is 2.71. The quantitative estimate of drug-likeness (QED) is 0.792. The second-order valence-corrected chi connectivity index (χ2v) is 4.04. The SMILES string of the molecule is CCOC(=O)c1cn(Br)c2ncccc2c1=O. The molecule has 0 aliphatic heterocycles. The maximum atomic E-state index is 12.0. The molecule has 5 nitrogen and oxygen atoms in total. The van der Waals surface area contributed by atoms with Gasteiger partial charge in [-0.2, -0.15) is 0 Å². The van der Waals surface area contributed by atoms with E-state index in [1.165, 1.54) is 9.79 Å². The lowest BCUT2D eigenvalue weighted by molar-refractivity contribution is 0.0524. The number of ether oxygens (including phenoxy) is 1. The van der Waals surface area contributed by atoms with Crippen LogP contribution in [0.1, 0.15) is 17.3 Å². The lowest BCUT2D eigenvalue weighted by Crippen LogP contribution is -2.19. The lowest BCUT2D eigenvalue weighted by atomic mass is 10.2. The van der Waals surface area contributed by atoms with Crippen molar-refractivity contribution in [3.63, 3.8) is 0 Å². The zero-order chi connectivity index (χ0) is 12.4. The van der Waals surface area contributed by atoms with Gasteiger partial charge < -0.3 is 4.74 Å². The van der Waals surface area contributed by atoms with Crippen LogP contribution in [0.5, 0.6) is 0 Å². The summed E-state index contributed by atoms with van der Waals surface area (Å²) >= 11 is 3.21. The third-order valence-corrected chi connectivity index (χ3v) is 2.76. The summed E-state index contributed by atoms with van der Waals surface area (Å²) in [5, 5.41) is 0.370. The molecule has 2 aromatic rings. The molecule has 0 unspecified atom stereocenters. The number of esters is 1. The minimum absolute atomic E-state index is 0.00998. The molecule has 0 fully saturated rings. The molecular weight excluding hydrogens is 288 g/mol. The normalized spacial score (nSPS) is 10.5. The van der Waals surface area contributed by atoms with Crippen LogP contribution in [-0.2, 0) is 4.74 Å². The number of fused-ring (bicyclic) bond motifs is 1.